The van der Waals surface area contributed by atoms with E-state index in [9.17, 15) is 27.9 Å². The number of rotatable bonds is 6. The van der Waals surface area contributed by atoms with Crippen molar-refractivity contribution >= 4 is 45.3 Å². The van der Waals surface area contributed by atoms with Crippen molar-refractivity contribution in [3.8, 4) is 0 Å². The maximum atomic E-state index is 12.6. The van der Waals surface area contributed by atoms with E-state index in [2.05, 4.69) is 10.0 Å². The largest absolute Gasteiger partial charge is 0.477 e. The predicted molar refractivity (Wildman–Crippen MR) is 107 cm³/mol. The number of aliphatic carboxylic acids is 1. The second-order valence-electron chi connectivity index (χ2n) is 6.81. The van der Waals surface area contributed by atoms with E-state index >= 15 is 0 Å². The SMILES string of the molecule is CC1=C(C(=O)O)N2C(=O)C(NC(=O)[C@H](N)c3cccc(NS(C)(=O)=O)c3)[C@H]2SC1. The number of nitrogens with zero attached hydrogens (tertiary/aromatic N) is 1. The zero-order valence-electron chi connectivity index (χ0n) is 15.6. The molecule has 0 radical (unpaired) electrons. The molecule has 0 aliphatic carbocycles. The van der Waals surface area contributed by atoms with Crippen molar-refractivity contribution in [3.63, 3.8) is 0 Å². The monoisotopic (exact) mass is 440 g/mol. The van der Waals surface area contributed by atoms with Crippen molar-refractivity contribution < 1.29 is 27.9 Å². The Bertz CT molecular complexity index is 1020. The van der Waals surface area contributed by atoms with Crippen LogP contribution in [0.5, 0.6) is 0 Å². The first kappa shape index (κ1) is 21.1. The molecule has 0 aromatic heterocycles. The second-order valence-corrected chi connectivity index (χ2v) is 9.66. The number of fused-ring (bicyclic) bond motifs is 1. The van der Waals surface area contributed by atoms with E-state index in [4.69, 9.17) is 5.73 Å². The number of benzene rings is 1. The van der Waals surface area contributed by atoms with E-state index < -0.39 is 45.3 Å². The van der Waals surface area contributed by atoms with Crippen LogP contribution in [0.25, 0.3) is 0 Å². The highest BCUT2D eigenvalue weighted by Crippen LogP contribution is 2.40. The first-order valence-corrected chi connectivity index (χ1v) is 11.4. The molecular formula is C17H20N4O6S2. The highest BCUT2D eigenvalue weighted by Gasteiger charge is 2.53. The van der Waals surface area contributed by atoms with Gasteiger partial charge in [0.2, 0.25) is 15.9 Å². The lowest BCUT2D eigenvalue weighted by Crippen LogP contribution is -2.71. The number of nitrogens with one attached hydrogen (secondary N) is 2. The van der Waals surface area contributed by atoms with Gasteiger partial charge >= 0.3 is 5.97 Å². The van der Waals surface area contributed by atoms with Crippen LogP contribution in [0, 0.1) is 0 Å². The van der Waals surface area contributed by atoms with Crippen molar-refractivity contribution in [2.45, 2.75) is 24.4 Å². The summed E-state index contributed by atoms with van der Waals surface area (Å²) in [5, 5.41) is 11.4. The molecule has 5 N–H and O–H groups in total. The number of carbonyl (C=O) groups is 3. The van der Waals surface area contributed by atoms with Gasteiger partial charge in [0, 0.05) is 11.4 Å². The average molecular weight is 441 g/mol. The fraction of sp³-hybridized carbons (Fsp3) is 0.353. The van der Waals surface area contributed by atoms with Crippen LogP contribution in [0.15, 0.2) is 35.5 Å². The second kappa shape index (κ2) is 7.69. The van der Waals surface area contributed by atoms with Crippen molar-refractivity contribution in [1.29, 1.82) is 0 Å². The van der Waals surface area contributed by atoms with Crippen LogP contribution in [-0.2, 0) is 24.4 Å². The van der Waals surface area contributed by atoms with Gasteiger partial charge in [0.1, 0.15) is 23.2 Å². The summed E-state index contributed by atoms with van der Waals surface area (Å²) < 4.78 is 25.0. The summed E-state index contributed by atoms with van der Waals surface area (Å²) >= 11 is 1.36. The number of nitrogens with two attached hydrogens (primary N) is 1. The molecule has 1 unspecified atom stereocenters. The van der Waals surface area contributed by atoms with Gasteiger partial charge in [-0.25, -0.2) is 13.2 Å². The van der Waals surface area contributed by atoms with Gasteiger partial charge in [-0.2, -0.15) is 0 Å². The fourth-order valence-electron chi connectivity index (χ4n) is 3.18. The van der Waals surface area contributed by atoms with Crippen LogP contribution in [0.4, 0.5) is 5.69 Å². The van der Waals surface area contributed by atoms with Crippen LogP contribution in [0.2, 0.25) is 0 Å². The number of anilines is 1. The van der Waals surface area contributed by atoms with Crippen LogP contribution in [-0.4, -0.2) is 59.6 Å². The fourth-order valence-corrected chi connectivity index (χ4v) is 5.03. The van der Waals surface area contributed by atoms with Gasteiger partial charge in [-0.15, -0.1) is 11.8 Å². The number of β-lactam (4-membered cyclic amide) rings is 1. The lowest BCUT2D eigenvalue weighted by atomic mass is 10.0. The third-order valence-corrected chi connectivity index (χ3v) is 6.52. The number of hydrogen-bond donors (Lipinski definition) is 4. The lowest BCUT2D eigenvalue weighted by molar-refractivity contribution is -0.150. The summed E-state index contributed by atoms with van der Waals surface area (Å²) in [5.41, 5.74) is 7.14. The molecule has 2 heterocycles. The molecule has 1 aromatic carbocycles. The first-order valence-electron chi connectivity index (χ1n) is 8.51. The molecule has 3 rings (SSSR count). The molecule has 29 heavy (non-hydrogen) atoms. The Morgan fingerprint density at radius 1 is 1.38 bits per heavy atom. The normalized spacial score (nSPS) is 22.4. The Labute approximate surface area is 171 Å². The Hall–Kier alpha value is -2.57. The number of thioether (sulfide) groups is 1. The molecule has 0 saturated carbocycles. The quantitative estimate of drug-likeness (QED) is 0.443. The molecule has 12 heteroatoms. The average Bonchev–Trinajstić information content (AvgIpc) is 2.63. The Morgan fingerprint density at radius 2 is 2.07 bits per heavy atom. The number of carbonyl (C=O) groups excluding carboxylic acids is 2. The molecule has 2 amide bonds. The summed E-state index contributed by atoms with van der Waals surface area (Å²) in [6.07, 6.45) is 1.00. The zero-order valence-corrected chi connectivity index (χ0v) is 17.2. The van der Waals surface area contributed by atoms with E-state index in [1.807, 2.05) is 0 Å². The molecule has 156 valence electrons. The van der Waals surface area contributed by atoms with E-state index in [0.717, 1.165) is 6.26 Å². The number of carboxylic acid groups (broad SMARTS) is 1. The van der Waals surface area contributed by atoms with Gasteiger partial charge in [-0.3, -0.25) is 19.2 Å². The third kappa shape index (κ3) is 4.23. The first-order chi connectivity index (χ1) is 13.5. The van der Waals surface area contributed by atoms with E-state index in [-0.39, 0.29) is 11.4 Å². The molecule has 1 aromatic rings. The number of hydrogen-bond acceptors (Lipinski definition) is 7. The maximum absolute atomic E-state index is 12.6. The maximum Gasteiger partial charge on any atom is 0.352 e. The van der Waals surface area contributed by atoms with Crippen LogP contribution >= 0.6 is 11.8 Å². The van der Waals surface area contributed by atoms with Crippen LogP contribution in [0.3, 0.4) is 0 Å². The van der Waals surface area contributed by atoms with Crippen molar-refractivity contribution in [2.75, 3.05) is 16.7 Å². The summed E-state index contributed by atoms with van der Waals surface area (Å²) in [6.45, 7) is 1.65. The number of carboxylic acids is 1. The van der Waals surface area contributed by atoms with E-state index in [0.29, 0.717) is 16.9 Å². The van der Waals surface area contributed by atoms with E-state index in [1.165, 1.54) is 28.8 Å². The molecule has 0 bridgehead atoms. The lowest BCUT2D eigenvalue weighted by Gasteiger charge is -2.49. The Balaban J connectivity index is 1.71. The van der Waals surface area contributed by atoms with Crippen molar-refractivity contribution in [1.82, 2.24) is 10.2 Å². The molecule has 0 spiro atoms. The van der Waals surface area contributed by atoms with Crippen molar-refractivity contribution in [3.05, 3.63) is 41.1 Å². The number of sulfonamides is 1. The molecule has 1 fully saturated rings. The molecular weight excluding hydrogens is 420 g/mol. The zero-order chi connectivity index (χ0) is 21.5. The van der Waals surface area contributed by atoms with Crippen molar-refractivity contribution in [2.24, 2.45) is 5.73 Å². The smallest absolute Gasteiger partial charge is 0.352 e. The van der Waals surface area contributed by atoms with E-state index in [1.54, 1.807) is 19.1 Å². The number of amides is 2. The molecule has 2 aliphatic rings. The minimum absolute atomic E-state index is 0.0481. The molecule has 10 nitrogen and oxygen atoms in total. The van der Waals surface area contributed by atoms with Gasteiger partial charge in [0.05, 0.1) is 6.26 Å². The highest BCUT2D eigenvalue weighted by molar-refractivity contribution is 8.00. The predicted octanol–water partition coefficient (Wildman–Crippen LogP) is -0.184. The van der Waals surface area contributed by atoms with Gasteiger partial charge in [-0.1, -0.05) is 12.1 Å². The minimum atomic E-state index is -3.49. The minimum Gasteiger partial charge on any atom is -0.477 e. The van der Waals surface area contributed by atoms with Crippen LogP contribution in [0.1, 0.15) is 18.5 Å². The topological polar surface area (TPSA) is 159 Å². The molecule has 3 atom stereocenters. The highest BCUT2D eigenvalue weighted by atomic mass is 32.2. The summed E-state index contributed by atoms with van der Waals surface area (Å²) in [5.74, 6) is -1.87. The Morgan fingerprint density at radius 3 is 2.69 bits per heavy atom. The summed E-state index contributed by atoms with van der Waals surface area (Å²) in [4.78, 5) is 37.6. The third-order valence-electron chi connectivity index (χ3n) is 4.49. The van der Waals surface area contributed by atoms with Gasteiger partial charge in [0.15, 0.2) is 0 Å². The molecule has 1 saturated heterocycles. The summed E-state index contributed by atoms with van der Waals surface area (Å²) in [6, 6.07) is 4.06. The summed E-state index contributed by atoms with van der Waals surface area (Å²) in [7, 11) is -3.49. The standard InChI is InChI=1S/C17H20N4O6S2/c1-8-7-28-16-12(15(23)21(16)13(8)17(24)25)19-14(22)11(18)9-4-3-5-10(6-9)20-29(2,26)27/h3-6,11-12,16,20H,7,18H2,1-2H3,(H,19,22)(H,24,25)/t11-,12?,16-/m1/s1. The van der Waals surface area contributed by atoms with Gasteiger partial charge in [-0.05, 0) is 30.2 Å². The van der Waals surface area contributed by atoms with Crippen LogP contribution < -0.4 is 15.8 Å². The molecule has 2 aliphatic heterocycles. The van der Waals surface area contributed by atoms with Gasteiger partial charge in [0.25, 0.3) is 5.91 Å². The van der Waals surface area contributed by atoms with Gasteiger partial charge < -0.3 is 16.2 Å². The Kier molecular flexibility index (Phi) is 5.61.